The van der Waals surface area contributed by atoms with Gasteiger partial charge in [-0.25, -0.2) is 4.98 Å². The van der Waals surface area contributed by atoms with E-state index in [1.165, 1.54) is 11.8 Å². The van der Waals surface area contributed by atoms with Crippen molar-refractivity contribution < 1.29 is 4.79 Å². The third-order valence-electron chi connectivity index (χ3n) is 4.60. The standard InChI is InChI=1S/C19H19ClN6O/c1-21-19(27)13-8-22-16(20)7-15(13)23-14-6-4-5-12-17-11(10-26(3)24-17)9-25(2)18(12)14/h4-8,10H,9H2,1-3H3,(H,21,27)(H,22,23). The number of carbonyl (C=O) groups excluding carboxylic acids is 1. The lowest BCUT2D eigenvalue weighted by molar-refractivity contribution is 0.0963. The third kappa shape index (κ3) is 3.00. The molecule has 0 saturated carbocycles. The quantitative estimate of drug-likeness (QED) is 0.680. The van der Waals surface area contributed by atoms with Gasteiger partial charge in [0.25, 0.3) is 5.91 Å². The summed E-state index contributed by atoms with van der Waals surface area (Å²) in [6.45, 7) is 0.758. The molecular formula is C19H19ClN6O. The Morgan fingerprint density at radius 2 is 2.07 bits per heavy atom. The average molecular weight is 383 g/mol. The first-order valence-electron chi connectivity index (χ1n) is 8.49. The number of benzene rings is 1. The number of para-hydroxylation sites is 1. The average Bonchev–Trinajstić information content (AvgIpc) is 3.01. The van der Waals surface area contributed by atoms with E-state index in [0.717, 1.165) is 29.2 Å². The summed E-state index contributed by atoms with van der Waals surface area (Å²) in [5, 5.41) is 10.9. The first-order chi connectivity index (χ1) is 13.0. The van der Waals surface area contributed by atoms with Crippen LogP contribution < -0.4 is 15.5 Å². The number of pyridine rings is 1. The molecule has 4 rings (SSSR count). The second kappa shape index (κ2) is 6.59. The van der Waals surface area contributed by atoms with Gasteiger partial charge in [-0.1, -0.05) is 23.7 Å². The number of aryl methyl sites for hydroxylation is 1. The van der Waals surface area contributed by atoms with E-state index in [0.29, 0.717) is 16.4 Å². The minimum absolute atomic E-state index is 0.230. The second-order valence-electron chi connectivity index (χ2n) is 6.49. The molecule has 0 aliphatic carbocycles. The summed E-state index contributed by atoms with van der Waals surface area (Å²) in [5.41, 5.74) is 6.14. The van der Waals surface area contributed by atoms with E-state index < -0.39 is 0 Å². The van der Waals surface area contributed by atoms with Crippen LogP contribution in [0.2, 0.25) is 5.15 Å². The second-order valence-corrected chi connectivity index (χ2v) is 6.88. The Morgan fingerprint density at radius 1 is 1.26 bits per heavy atom. The van der Waals surface area contributed by atoms with Gasteiger partial charge in [0, 0.05) is 51.2 Å². The topological polar surface area (TPSA) is 75.1 Å². The van der Waals surface area contributed by atoms with E-state index in [4.69, 9.17) is 11.6 Å². The lowest BCUT2D eigenvalue weighted by atomic mass is 9.99. The van der Waals surface area contributed by atoms with Crippen LogP contribution in [-0.2, 0) is 13.6 Å². The highest BCUT2D eigenvalue weighted by molar-refractivity contribution is 6.29. The van der Waals surface area contributed by atoms with E-state index in [1.54, 1.807) is 13.1 Å². The Hall–Kier alpha value is -3.06. The van der Waals surface area contributed by atoms with Crippen LogP contribution in [-0.4, -0.2) is 34.8 Å². The molecule has 0 bridgehead atoms. The highest BCUT2D eigenvalue weighted by Gasteiger charge is 2.25. The zero-order valence-electron chi connectivity index (χ0n) is 15.2. The number of nitrogens with one attached hydrogen (secondary N) is 2. The Labute approximate surface area is 162 Å². The van der Waals surface area contributed by atoms with Gasteiger partial charge >= 0.3 is 0 Å². The monoisotopic (exact) mass is 382 g/mol. The smallest absolute Gasteiger partial charge is 0.254 e. The Kier molecular flexibility index (Phi) is 4.24. The minimum atomic E-state index is -0.230. The van der Waals surface area contributed by atoms with Gasteiger partial charge in [0.05, 0.1) is 28.3 Å². The van der Waals surface area contributed by atoms with Crippen LogP contribution in [0.5, 0.6) is 0 Å². The number of rotatable bonds is 3. The maximum atomic E-state index is 12.2. The predicted molar refractivity (Wildman–Crippen MR) is 107 cm³/mol. The highest BCUT2D eigenvalue weighted by Crippen LogP contribution is 2.43. The molecular weight excluding hydrogens is 364 g/mol. The summed E-state index contributed by atoms with van der Waals surface area (Å²) in [6, 6.07) is 7.66. The lowest BCUT2D eigenvalue weighted by Crippen LogP contribution is -2.23. The Morgan fingerprint density at radius 3 is 2.85 bits per heavy atom. The van der Waals surface area contributed by atoms with E-state index in [1.807, 2.05) is 37.1 Å². The van der Waals surface area contributed by atoms with E-state index >= 15 is 0 Å². The van der Waals surface area contributed by atoms with Gasteiger partial charge in [0.1, 0.15) is 5.15 Å². The SMILES string of the molecule is CNC(=O)c1cnc(Cl)cc1Nc1cccc2c1N(C)Cc1cn(C)nc1-2. The number of fused-ring (bicyclic) bond motifs is 3. The van der Waals surface area contributed by atoms with Crippen molar-refractivity contribution in [3.8, 4) is 11.3 Å². The largest absolute Gasteiger partial charge is 0.368 e. The van der Waals surface area contributed by atoms with Gasteiger partial charge in [-0.05, 0) is 12.1 Å². The van der Waals surface area contributed by atoms with Gasteiger partial charge in [0.15, 0.2) is 0 Å². The molecule has 3 heterocycles. The van der Waals surface area contributed by atoms with Gasteiger partial charge in [0.2, 0.25) is 0 Å². The number of halogens is 1. The van der Waals surface area contributed by atoms with Gasteiger partial charge in [-0.2, -0.15) is 5.10 Å². The molecule has 2 N–H and O–H groups in total. The molecule has 2 aromatic heterocycles. The molecule has 0 fully saturated rings. The summed E-state index contributed by atoms with van der Waals surface area (Å²) in [6.07, 6.45) is 3.51. The van der Waals surface area contributed by atoms with Gasteiger partial charge < -0.3 is 15.5 Å². The maximum absolute atomic E-state index is 12.2. The van der Waals surface area contributed by atoms with Crippen LogP contribution in [0.4, 0.5) is 17.1 Å². The fourth-order valence-corrected chi connectivity index (χ4v) is 3.61. The first kappa shape index (κ1) is 17.4. The lowest BCUT2D eigenvalue weighted by Gasteiger charge is -2.29. The van der Waals surface area contributed by atoms with Crippen molar-refractivity contribution in [3.63, 3.8) is 0 Å². The number of amides is 1. The highest BCUT2D eigenvalue weighted by atomic mass is 35.5. The predicted octanol–water partition coefficient (Wildman–Crippen LogP) is 3.19. The molecule has 1 aliphatic heterocycles. The van der Waals surface area contributed by atoms with Crippen LogP contribution in [0.25, 0.3) is 11.3 Å². The summed E-state index contributed by atoms with van der Waals surface area (Å²) in [4.78, 5) is 18.4. The minimum Gasteiger partial charge on any atom is -0.368 e. The number of nitrogens with zero attached hydrogens (tertiary/aromatic N) is 4. The molecule has 0 atom stereocenters. The fourth-order valence-electron chi connectivity index (χ4n) is 3.46. The summed E-state index contributed by atoms with van der Waals surface area (Å²) in [5.74, 6) is -0.230. The van der Waals surface area contributed by atoms with E-state index in [-0.39, 0.29) is 5.91 Å². The van der Waals surface area contributed by atoms with Crippen molar-refractivity contribution in [1.29, 1.82) is 0 Å². The van der Waals surface area contributed by atoms with Crippen molar-refractivity contribution in [3.05, 3.63) is 52.9 Å². The number of aromatic nitrogens is 3. The molecule has 0 radical (unpaired) electrons. The van der Waals surface area contributed by atoms with Crippen molar-refractivity contribution in [2.75, 3.05) is 24.3 Å². The zero-order valence-corrected chi connectivity index (χ0v) is 16.0. The molecule has 7 nitrogen and oxygen atoms in total. The third-order valence-corrected chi connectivity index (χ3v) is 4.80. The van der Waals surface area contributed by atoms with Gasteiger partial charge in [-0.15, -0.1) is 0 Å². The first-order valence-corrected chi connectivity index (χ1v) is 8.87. The molecule has 0 spiro atoms. The van der Waals surface area contributed by atoms with Crippen molar-refractivity contribution in [1.82, 2.24) is 20.1 Å². The molecule has 138 valence electrons. The maximum Gasteiger partial charge on any atom is 0.254 e. The van der Waals surface area contributed by atoms with Crippen LogP contribution in [0.1, 0.15) is 15.9 Å². The molecule has 1 amide bonds. The van der Waals surface area contributed by atoms with Crippen LogP contribution in [0, 0.1) is 0 Å². The normalized spacial score (nSPS) is 12.4. The molecule has 1 aromatic carbocycles. The molecule has 1 aliphatic rings. The molecule has 3 aromatic rings. The van der Waals surface area contributed by atoms with E-state index in [9.17, 15) is 4.79 Å². The van der Waals surface area contributed by atoms with E-state index in [2.05, 4.69) is 31.7 Å². The summed E-state index contributed by atoms with van der Waals surface area (Å²) < 4.78 is 1.83. The summed E-state index contributed by atoms with van der Waals surface area (Å²) >= 11 is 6.07. The van der Waals surface area contributed by atoms with Crippen LogP contribution in [0.3, 0.4) is 0 Å². The Bertz CT molecular complexity index is 1040. The molecule has 8 heteroatoms. The van der Waals surface area contributed by atoms with Gasteiger partial charge in [-0.3, -0.25) is 9.48 Å². The number of carbonyl (C=O) groups is 1. The number of anilines is 3. The Balaban J connectivity index is 1.82. The number of hydrogen-bond donors (Lipinski definition) is 2. The molecule has 0 unspecified atom stereocenters. The van der Waals surface area contributed by atoms with Crippen molar-refractivity contribution >= 4 is 34.6 Å². The van der Waals surface area contributed by atoms with Crippen LogP contribution >= 0.6 is 11.6 Å². The van der Waals surface area contributed by atoms with Crippen molar-refractivity contribution in [2.24, 2.45) is 7.05 Å². The molecule has 27 heavy (non-hydrogen) atoms. The van der Waals surface area contributed by atoms with Crippen molar-refractivity contribution in [2.45, 2.75) is 6.54 Å². The molecule has 0 saturated heterocycles. The zero-order chi connectivity index (χ0) is 19.1. The number of hydrogen-bond acceptors (Lipinski definition) is 5. The summed E-state index contributed by atoms with van der Waals surface area (Å²) in [7, 11) is 5.55. The fraction of sp³-hybridized carbons (Fsp3) is 0.211. The van der Waals surface area contributed by atoms with Crippen LogP contribution in [0.15, 0.2) is 36.7 Å².